The highest BCUT2D eigenvalue weighted by Gasteiger charge is 2.25. The minimum atomic E-state index is -0.751. The van der Waals surface area contributed by atoms with Crippen LogP contribution in [0.5, 0.6) is 0 Å². The zero-order chi connectivity index (χ0) is 21.8. The molecule has 1 fully saturated rings. The molecule has 0 aliphatic carbocycles. The second-order valence-corrected chi connectivity index (χ2v) is 8.38. The molecule has 162 valence electrons. The summed E-state index contributed by atoms with van der Waals surface area (Å²) in [5, 5.41) is 4.36. The van der Waals surface area contributed by atoms with Gasteiger partial charge < -0.3 is 19.5 Å². The van der Waals surface area contributed by atoms with Crippen molar-refractivity contribution < 1.29 is 13.9 Å². The fourth-order valence-corrected chi connectivity index (χ4v) is 3.78. The van der Waals surface area contributed by atoms with E-state index in [1.54, 1.807) is 17.0 Å². The molecule has 5 nitrogen and oxygen atoms in total. The van der Waals surface area contributed by atoms with Crippen LogP contribution in [0.1, 0.15) is 25.1 Å². The third kappa shape index (κ3) is 5.14. The first-order chi connectivity index (χ1) is 14.9. The van der Waals surface area contributed by atoms with E-state index in [0.717, 1.165) is 35.2 Å². The first-order valence-corrected chi connectivity index (χ1v) is 10.6. The smallest absolute Gasteiger partial charge is 0.410 e. The van der Waals surface area contributed by atoms with Crippen molar-refractivity contribution in [3.05, 3.63) is 77.7 Å². The topological polar surface area (TPSA) is 46.5 Å². The zero-order valence-corrected chi connectivity index (χ0v) is 18.0. The third-order valence-corrected chi connectivity index (χ3v) is 5.48. The maximum atomic E-state index is 13.3. The maximum absolute atomic E-state index is 13.3. The van der Waals surface area contributed by atoms with E-state index >= 15 is 0 Å². The van der Waals surface area contributed by atoms with Crippen molar-refractivity contribution in [2.45, 2.75) is 26.0 Å². The highest BCUT2D eigenvalue weighted by molar-refractivity contribution is 5.84. The molecule has 1 aromatic heterocycles. The highest BCUT2D eigenvalue weighted by atomic mass is 19.1. The first kappa shape index (κ1) is 21.1. The number of hydrogen-bond donors (Lipinski definition) is 1. The minimum absolute atomic E-state index is 0.241. The summed E-state index contributed by atoms with van der Waals surface area (Å²) in [5.74, 6) is -0.241. The second kappa shape index (κ2) is 8.94. The van der Waals surface area contributed by atoms with E-state index in [2.05, 4.69) is 28.1 Å². The Kier molecular flexibility index (Phi) is 6.09. The van der Waals surface area contributed by atoms with Gasteiger partial charge in [-0.1, -0.05) is 30.3 Å². The van der Waals surface area contributed by atoms with Crippen molar-refractivity contribution in [3.63, 3.8) is 0 Å². The Morgan fingerprint density at radius 2 is 1.84 bits per heavy atom. The van der Waals surface area contributed by atoms with Gasteiger partial charge in [0.2, 0.25) is 0 Å². The van der Waals surface area contributed by atoms with Crippen molar-refractivity contribution in [2.75, 3.05) is 26.2 Å². The molecule has 0 saturated carbocycles. The summed E-state index contributed by atoms with van der Waals surface area (Å²) in [6, 6.07) is 16.9. The summed E-state index contributed by atoms with van der Waals surface area (Å²) in [5.41, 5.74) is 2.36. The minimum Gasteiger partial charge on any atom is -0.439 e. The van der Waals surface area contributed by atoms with Crippen LogP contribution in [0, 0.1) is 5.82 Å². The van der Waals surface area contributed by atoms with Crippen molar-refractivity contribution in [2.24, 2.45) is 0 Å². The van der Waals surface area contributed by atoms with Gasteiger partial charge in [-0.05, 0) is 55.8 Å². The van der Waals surface area contributed by atoms with Gasteiger partial charge in [0.1, 0.15) is 11.4 Å². The van der Waals surface area contributed by atoms with E-state index in [4.69, 9.17) is 4.74 Å². The van der Waals surface area contributed by atoms with Crippen LogP contribution in [-0.4, -0.2) is 47.3 Å². The summed E-state index contributed by atoms with van der Waals surface area (Å²) in [7, 11) is 0. The van der Waals surface area contributed by atoms with Gasteiger partial charge in [-0.3, -0.25) is 0 Å². The number of fused-ring (bicyclic) bond motifs is 1. The number of ether oxygens (including phenoxy) is 1. The summed E-state index contributed by atoms with van der Waals surface area (Å²) < 4.78 is 21.3. The van der Waals surface area contributed by atoms with Gasteiger partial charge in [0.05, 0.1) is 0 Å². The van der Waals surface area contributed by atoms with Crippen LogP contribution in [0.2, 0.25) is 0 Å². The van der Waals surface area contributed by atoms with E-state index in [1.807, 2.05) is 38.1 Å². The Hall–Kier alpha value is -3.12. The van der Waals surface area contributed by atoms with E-state index in [0.29, 0.717) is 19.6 Å². The maximum Gasteiger partial charge on any atom is 0.410 e. The Labute approximate surface area is 182 Å². The van der Waals surface area contributed by atoms with E-state index in [1.165, 1.54) is 12.1 Å². The summed E-state index contributed by atoms with van der Waals surface area (Å²) in [6.45, 7) is 7.28. The number of para-hydroxylation sites is 1. The van der Waals surface area contributed by atoms with Crippen LogP contribution < -0.4 is 5.32 Å². The normalized spacial score (nSPS) is 15.0. The van der Waals surface area contributed by atoms with Gasteiger partial charge in [-0.2, -0.15) is 0 Å². The summed E-state index contributed by atoms with van der Waals surface area (Å²) in [4.78, 5) is 14.2. The standard InChI is InChI=1S/C25H28FN3O2/c1-25(2,31-24(30)28-15-13-27-14-16-28)12-11-22-17-20-5-3-4-6-23(20)29(22)18-19-7-9-21(26)10-8-19/h3-12,17,27H,13-16,18H2,1-2H3/b12-11+. The van der Waals surface area contributed by atoms with Crippen LogP contribution in [0.4, 0.5) is 9.18 Å². The number of carbonyl (C=O) groups excluding carboxylic acids is 1. The van der Waals surface area contributed by atoms with Crippen molar-refractivity contribution in [3.8, 4) is 0 Å². The molecule has 0 bridgehead atoms. The Bertz CT molecular complexity index is 1080. The van der Waals surface area contributed by atoms with Crippen LogP contribution >= 0.6 is 0 Å². The summed E-state index contributed by atoms with van der Waals surface area (Å²) >= 11 is 0. The molecule has 1 aliphatic heterocycles. The molecule has 0 unspecified atom stereocenters. The largest absolute Gasteiger partial charge is 0.439 e. The molecule has 31 heavy (non-hydrogen) atoms. The molecule has 1 N–H and O–H groups in total. The average Bonchev–Trinajstić information content (AvgIpc) is 3.12. The monoisotopic (exact) mass is 421 g/mol. The lowest BCUT2D eigenvalue weighted by molar-refractivity contribution is 0.0389. The van der Waals surface area contributed by atoms with Crippen LogP contribution in [-0.2, 0) is 11.3 Å². The molecule has 3 aromatic rings. The molecule has 1 aliphatic rings. The molecule has 1 saturated heterocycles. The van der Waals surface area contributed by atoms with Crippen molar-refractivity contribution in [1.82, 2.24) is 14.8 Å². The molecule has 4 rings (SSSR count). The van der Waals surface area contributed by atoms with Gasteiger partial charge >= 0.3 is 6.09 Å². The Balaban J connectivity index is 1.57. The van der Waals surface area contributed by atoms with Gasteiger partial charge in [0.25, 0.3) is 0 Å². The van der Waals surface area contributed by atoms with Crippen molar-refractivity contribution >= 4 is 23.1 Å². The predicted octanol–water partition coefficient (Wildman–Crippen LogP) is 4.66. The van der Waals surface area contributed by atoms with Crippen LogP contribution in [0.25, 0.3) is 17.0 Å². The lowest BCUT2D eigenvalue weighted by Crippen LogP contribution is -2.48. The fourth-order valence-electron chi connectivity index (χ4n) is 3.78. The lowest BCUT2D eigenvalue weighted by Gasteiger charge is -2.30. The average molecular weight is 422 g/mol. The molecular weight excluding hydrogens is 393 g/mol. The Morgan fingerprint density at radius 1 is 1.13 bits per heavy atom. The van der Waals surface area contributed by atoms with Gasteiger partial charge in [0, 0.05) is 49.3 Å². The van der Waals surface area contributed by atoms with E-state index in [9.17, 15) is 9.18 Å². The molecule has 2 aromatic carbocycles. The third-order valence-electron chi connectivity index (χ3n) is 5.48. The lowest BCUT2D eigenvalue weighted by atomic mass is 10.1. The molecule has 1 amide bonds. The second-order valence-electron chi connectivity index (χ2n) is 8.38. The molecule has 2 heterocycles. The van der Waals surface area contributed by atoms with Crippen molar-refractivity contribution in [1.29, 1.82) is 0 Å². The number of rotatable bonds is 5. The Morgan fingerprint density at radius 3 is 2.58 bits per heavy atom. The number of nitrogens with one attached hydrogen (secondary N) is 1. The molecule has 0 radical (unpaired) electrons. The number of carbonyl (C=O) groups is 1. The molecule has 0 atom stereocenters. The van der Waals surface area contributed by atoms with Gasteiger partial charge in [-0.15, -0.1) is 0 Å². The fraction of sp³-hybridized carbons (Fsp3) is 0.320. The predicted molar refractivity (Wildman–Crippen MR) is 121 cm³/mol. The van der Waals surface area contributed by atoms with Gasteiger partial charge in [-0.25, -0.2) is 9.18 Å². The number of halogens is 1. The first-order valence-electron chi connectivity index (χ1n) is 10.6. The number of amides is 1. The molecular formula is C25H28FN3O2. The van der Waals surface area contributed by atoms with Crippen LogP contribution in [0.15, 0.2) is 60.7 Å². The number of piperazine rings is 1. The molecule has 0 spiro atoms. The number of aromatic nitrogens is 1. The zero-order valence-electron chi connectivity index (χ0n) is 18.0. The van der Waals surface area contributed by atoms with Crippen LogP contribution in [0.3, 0.4) is 0 Å². The van der Waals surface area contributed by atoms with E-state index < -0.39 is 5.60 Å². The molecule has 6 heteroatoms. The SMILES string of the molecule is CC(C)(/C=C/c1cc2ccccc2n1Cc1ccc(F)cc1)OC(=O)N1CCNCC1. The number of benzene rings is 2. The van der Waals surface area contributed by atoms with Gasteiger partial charge in [0.15, 0.2) is 0 Å². The number of hydrogen-bond acceptors (Lipinski definition) is 3. The van der Waals surface area contributed by atoms with E-state index in [-0.39, 0.29) is 11.9 Å². The summed E-state index contributed by atoms with van der Waals surface area (Å²) in [6.07, 6.45) is 3.62. The highest BCUT2D eigenvalue weighted by Crippen LogP contribution is 2.24. The quantitative estimate of drug-likeness (QED) is 0.652. The number of nitrogens with zero attached hydrogens (tertiary/aromatic N) is 2.